The molecular formula is C12H6F10O2. The van der Waals surface area contributed by atoms with Crippen LogP contribution in [0.3, 0.4) is 0 Å². The van der Waals surface area contributed by atoms with Gasteiger partial charge in [0.15, 0.2) is 0 Å². The quantitative estimate of drug-likeness (QED) is 0.563. The minimum absolute atomic E-state index is 0.187. The van der Waals surface area contributed by atoms with E-state index in [4.69, 9.17) is 0 Å². The molecule has 2 nitrogen and oxygen atoms in total. The van der Waals surface area contributed by atoms with Crippen LogP contribution >= 0.6 is 0 Å². The number of ether oxygens (including phenoxy) is 1. The van der Waals surface area contributed by atoms with Crippen molar-refractivity contribution in [3.05, 3.63) is 29.6 Å². The molecule has 136 valence electrons. The molecule has 0 bridgehead atoms. The van der Waals surface area contributed by atoms with E-state index >= 15 is 0 Å². The number of ketones is 1. The zero-order chi connectivity index (χ0) is 19.1. The summed E-state index contributed by atoms with van der Waals surface area (Å²) in [7, 11) is 0.701. The van der Waals surface area contributed by atoms with E-state index in [2.05, 4.69) is 4.74 Å². The van der Waals surface area contributed by atoms with Gasteiger partial charge in [-0.15, -0.1) is 0 Å². The summed E-state index contributed by atoms with van der Waals surface area (Å²) < 4.78 is 132. The molecule has 24 heavy (non-hydrogen) atoms. The molecule has 0 aliphatic carbocycles. The summed E-state index contributed by atoms with van der Waals surface area (Å²) in [6, 6.07) is 0.793. The summed E-state index contributed by atoms with van der Waals surface area (Å²) in [5.41, 5.74) is -1.50. The van der Waals surface area contributed by atoms with Crippen molar-refractivity contribution < 1.29 is 53.4 Å². The fourth-order valence-electron chi connectivity index (χ4n) is 1.54. The van der Waals surface area contributed by atoms with Gasteiger partial charge in [-0.2, -0.15) is 39.5 Å². The van der Waals surface area contributed by atoms with Crippen LogP contribution in [0.15, 0.2) is 18.2 Å². The Morgan fingerprint density at radius 2 is 1.42 bits per heavy atom. The first-order valence-corrected chi connectivity index (χ1v) is 5.69. The van der Waals surface area contributed by atoms with Gasteiger partial charge < -0.3 is 4.74 Å². The highest BCUT2D eigenvalue weighted by Gasteiger charge is 2.83. The molecule has 0 saturated carbocycles. The lowest BCUT2D eigenvalue weighted by Crippen LogP contribution is -2.63. The molecule has 0 N–H and O–H groups in total. The fourth-order valence-corrected chi connectivity index (χ4v) is 1.54. The van der Waals surface area contributed by atoms with E-state index in [1.54, 1.807) is 0 Å². The molecule has 0 fully saturated rings. The number of rotatable bonds is 5. The third-order valence-corrected chi connectivity index (χ3v) is 2.84. The lowest BCUT2D eigenvalue weighted by Gasteiger charge is -2.32. The van der Waals surface area contributed by atoms with Gasteiger partial charge in [0.25, 0.3) is 0 Å². The van der Waals surface area contributed by atoms with Gasteiger partial charge >= 0.3 is 23.9 Å². The number of carbonyl (C=O) groups excluding carboxylic acids is 1. The van der Waals surface area contributed by atoms with Gasteiger partial charge in [-0.05, 0) is 12.1 Å². The molecule has 1 aromatic carbocycles. The van der Waals surface area contributed by atoms with Crippen molar-refractivity contribution in [2.75, 3.05) is 7.11 Å². The Morgan fingerprint density at radius 1 is 0.917 bits per heavy atom. The van der Waals surface area contributed by atoms with Gasteiger partial charge in [-0.1, -0.05) is 0 Å². The number of alkyl halides is 9. The van der Waals surface area contributed by atoms with Crippen LogP contribution in [-0.2, 0) is 0 Å². The first-order chi connectivity index (χ1) is 10.6. The highest BCUT2D eigenvalue weighted by molar-refractivity contribution is 6.04. The van der Waals surface area contributed by atoms with Crippen LogP contribution in [0.4, 0.5) is 43.9 Å². The first kappa shape index (κ1) is 20.0. The van der Waals surface area contributed by atoms with Crippen molar-refractivity contribution in [1.82, 2.24) is 0 Å². The molecule has 0 aliphatic heterocycles. The average Bonchev–Trinajstić information content (AvgIpc) is 2.44. The van der Waals surface area contributed by atoms with Crippen molar-refractivity contribution in [3.63, 3.8) is 0 Å². The zero-order valence-corrected chi connectivity index (χ0v) is 11.3. The van der Waals surface area contributed by atoms with E-state index in [1.807, 2.05) is 0 Å². The van der Waals surface area contributed by atoms with Crippen molar-refractivity contribution >= 4 is 5.78 Å². The number of methoxy groups -OCH3 is 1. The maximum atomic E-state index is 13.5. The first-order valence-electron chi connectivity index (χ1n) is 5.69. The van der Waals surface area contributed by atoms with Crippen LogP contribution in [0.2, 0.25) is 0 Å². The zero-order valence-electron chi connectivity index (χ0n) is 11.3. The normalized spacial score (nSPS) is 13.8. The summed E-state index contributed by atoms with van der Waals surface area (Å²) in [6.45, 7) is 0. The average molecular weight is 372 g/mol. The topological polar surface area (TPSA) is 26.3 Å². The van der Waals surface area contributed by atoms with E-state index in [-0.39, 0.29) is 12.1 Å². The minimum atomic E-state index is -7.20. The maximum Gasteiger partial charge on any atom is 0.460 e. The number of benzene rings is 1. The van der Waals surface area contributed by atoms with Crippen LogP contribution in [-0.4, -0.2) is 36.8 Å². The number of carbonyl (C=O) groups is 1. The van der Waals surface area contributed by atoms with Gasteiger partial charge in [0, 0.05) is 6.07 Å². The highest BCUT2D eigenvalue weighted by atomic mass is 19.4. The van der Waals surface area contributed by atoms with Crippen LogP contribution in [0.25, 0.3) is 0 Å². The largest absolute Gasteiger partial charge is 0.496 e. The Hall–Kier alpha value is -2.01. The summed E-state index contributed by atoms with van der Waals surface area (Å²) >= 11 is 0. The predicted molar refractivity (Wildman–Crippen MR) is 58.2 cm³/mol. The van der Waals surface area contributed by atoms with Gasteiger partial charge in [-0.25, -0.2) is 4.39 Å². The van der Waals surface area contributed by atoms with E-state index < -0.39 is 46.9 Å². The molecule has 0 aromatic heterocycles. The lowest BCUT2D eigenvalue weighted by molar-refractivity contribution is -0.386. The minimum Gasteiger partial charge on any atom is -0.496 e. The van der Waals surface area contributed by atoms with Crippen LogP contribution < -0.4 is 4.74 Å². The Balaban J connectivity index is 3.46. The standard InChI is InChI=1S/C12H6F10O2/c1-24-7-4-5(13)2-3-6(7)8(23)9(14,15)10(16,17)11(18,19)12(20,21)22/h2-4H,1H3. The molecule has 0 heterocycles. The van der Waals surface area contributed by atoms with Crippen LogP contribution in [0.1, 0.15) is 10.4 Å². The number of Topliss-reactive ketones (excluding diaryl/α,β-unsaturated/α-hetero) is 1. The van der Waals surface area contributed by atoms with E-state index in [9.17, 15) is 48.7 Å². The Kier molecular flexibility index (Phi) is 4.85. The molecule has 0 unspecified atom stereocenters. The molecule has 0 atom stereocenters. The maximum absolute atomic E-state index is 13.5. The molecule has 0 spiro atoms. The van der Waals surface area contributed by atoms with Crippen LogP contribution in [0, 0.1) is 5.82 Å². The molecule has 1 aromatic rings. The predicted octanol–water partition coefficient (Wildman–Crippen LogP) is 4.49. The third kappa shape index (κ3) is 2.88. The Bertz CT molecular complexity index is 635. The second-order valence-electron chi connectivity index (χ2n) is 4.39. The molecule has 12 heteroatoms. The van der Waals surface area contributed by atoms with Crippen molar-refractivity contribution in [2.24, 2.45) is 0 Å². The van der Waals surface area contributed by atoms with E-state index in [0.717, 1.165) is 0 Å². The summed E-state index contributed by atoms with van der Waals surface area (Å²) in [5.74, 6) is -26.1. The summed E-state index contributed by atoms with van der Waals surface area (Å²) in [5, 5.41) is 0. The molecule has 1 rings (SSSR count). The summed E-state index contributed by atoms with van der Waals surface area (Å²) in [4.78, 5) is 11.4. The Labute approximate surface area is 127 Å². The lowest BCUT2D eigenvalue weighted by atomic mass is 9.95. The monoisotopic (exact) mass is 372 g/mol. The smallest absolute Gasteiger partial charge is 0.460 e. The van der Waals surface area contributed by atoms with Crippen LogP contribution in [0.5, 0.6) is 5.75 Å². The molecule has 0 saturated heterocycles. The second-order valence-corrected chi connectivity index (χ2v) is 4.39. The van der Waals surface area contributed by atoms with Crippen molar-refractivity contribution in [2.45, 2.75) is 23.9 Å². The molecule has 0 amide bonds. The van der Waals surface area contributed by atoms with Crippen molar-refractivity contribution in [1.29, 1.82) is 0 Å². The molecular weight excluding hydrogens is 366 g/mol. The van der Waals surface area contributed by atoms with Gasteiger partial charge in [0.05, 0.1) is 12.7 Å². The van der Waals surface area contributed by atoms with E-state index in [0.29, 0.717) is 13.2 Å². The second kappa shape index (κ2) is 5.81. The van der Waals surface area contributed by atoms with Gasteiger partial charge in [0.2, 0.25) is 5.78 Å². The number of hydrogen-bond acceptors (Lipinski definition) is 2. The molecule has 0 aliphatic rings. The third-order valence-electron chi connectivity index (χ3n) is 2.84. The number of hydrogen-bond donors (Lipinski definition) is 0. The SMILES string of the molecule is COc1cc(F)ccc1C(=O)C(F)(F)C(F)(F)C(F)(F)C(F)(F)F. The van der Waals surface area contributed by atoms with Gasteiger partial charge in [0.1, 0.15) is 11.6 Å². The molecule has 0 radical (unpaired) electrons. The number of halogens is 10. The summed E-state index contributed by atoms with van der Waals surface area (Å²) in [6.07, 6.45) is -7.05. The highest BCUT2D eigenvalue weighted by Crippen LogP contribution is 2.54. The van der Waals surface area contributed by atoms with Crippen molar-refractivity contribution in [3.8, 4) is 5.75 Å². The van der Waals surface area contributed by atoms with Gasteiger partial charge in [-0.3, -0.25) is 4.79 Å². The fraction of sp³-hybridized carbons (Fsp3) is 0.417. The van der Waals surface area contributed by atoms with E-state index in [1.165, 1.54) is 0 Å². The Morgan fingerprint density at radius 3 is 1.83 bits per heavy atom.